The van der Waals surface area contributed by atoms with Gasteiger partial charge in [-0.15, -0.1) is 0 Å². The molecule has 1 aromatic rings. The highest BCUT2D eigenvalue weighted by Gasteiger charge is 2.30. The maximum absolute atomic E-state index is 11.7. The van der Waals surface area contributed by atoms with Gasteiger partial charge in [0.2, 0.25) is 0 Å². The number of carboxylic acids is 1. The summed E-state index contributed by atoms with van der Waals surface area (Å²) in [5.74, 6) is -1.91. The summed E-state index contributed by atoms with van der Waals surface area (Å²) in [4.78, 5) is 10.8. The van der Waals surface area contributed by atoms with Crippen LogP contribution in [0.3, 0.4) is 0 Å². The first kappa shape index (κ1) is 14.7. The molecule has 0 aliphatic heterocycles. The predicted molar refractivity (Wildman–Crippen MR) is 66.7 cm³/mol. The van der Waals surface area contributed by atoms with Crippen LogP contribution in [0, 0.1) is 0 Å². The zero-order valence-corrected chi connectivity index (χ0v) is 10.9. The van der Waals surface area contributed by atoms with E-state index in [0.717, 1.165) is 5.56 Å². The molecule has 1 atom stereocenters. The zero-order chi connectivity index (χ0) is 13.6. The van der Waals surface area contributed by atoms with E-state index < -0.39 is 27.0 Å². The summed E-state index contributed by atoms with van der Waals surface area (Å²) in [6.07, 6.45) is 0.0341. The van der Waals surface area contributed by atoms with Gasteiger partial charge in [-0.2, -0.15) is 0 Å². The van der Waals surface area contributed by atoms with E-state index in [1.807, 2.05) is 18.2 Å². The number of hydrogen-bond donors (Lipinski definition) is 1. The molecule has 1 aromatic carbocycles. The van der Waals surface area contributed by atoms with Crippen molar-refractivity contribution in [1.82, 2.24) is 0 Å². The Hall–Kier alpha value is -1.40. The van der Waals surface area contributed by atoms with Crippen LogP contribution in [0.5, 0.6) is 0 Å². The van der Waals surface area contributed by atoms with Crippen molar-refractivity contribution in [3.8, 4) is 0 Å². The number of hydrogen-bond acceptors (Lipinski definition) is 4. The van der Waals surface area contributed by atoms with E-state index in [1.165, 1.54) is 6.92 Å². The monoisotopic (exact) mass is 272 g/mol. The van der Waals surface area contributed by atoms with E-state index in [-0.39, 0.29) is 13.0 Å². The van der Waals surface area contributed by atoms with Crippen molar-refractivity contribution >= 4 is 15.8 Å². The zero-order valence-electron chi connectivity index (χ0n) is 10.1. The van der Waals surface area contributed by atoms with Gasteiger partial charge in [0.1, 0.15) is 5.94 Å². The number of rotatable bonds is 7. The number of carboxylic acid groups (broad SMARTS) is 1. The van der Waals surface area contributed by atoms with Gasteiger partial charge in [0, 0.05) is 0 Å². The Labute approximate surface area is 106 Å². The molecule has 1 unspecified atom stereocenters. The van der Waals surface area contributed by atoms with Gasteiger partial charge in [0.25, 0.3) is 0 Å². The molecule has 1 rings (SSSR count). The molecule has 0 spiro atoms. The second kappa shape index (κ2) is 6.51. The van der Waals surface area contributed by atoms with E-state index >= 15 is 0 Å². The first-order chi connectivity index (χ1) is 8.47. The van der Waals surface area contributed by atoms with E-state index in [4.69, 9.17) is 9.84 Å². The van der Waals surface area contributed by atoms with Gasteiger partial charge in [-0.3, -0.25) is 4.79 Å². The lowest BCUT2D eigenvalue weighted by atomic mass is 10.2. The van der Waals surface area contributed by atoms with Crippen molar-refractivity contribution in [2.24, 2.45) is 0 Å². The molecule has 0 aliphatic rings. The smallest absolute Gasteiger partial charge is 0.321 e. The topological polar surface area (TPSA) is 80.7 Å². The minimum absolute atomic E-state index is 0.0341. The van der Waals surface area contributed by atoms with Crippen LogP contribution < -0.4 is 0 Å². The van der Waals surface area contributed by atoms with Crippen LogP contribution in [0.2, 0.25) is 0 Å². The van der Waals surface area contributed by atoms with Crippen molar-refractivity contribution in [2.45, 2.75) is 25.2 Å². The fourth-order valence-corrected chi connectivity index (χ4v) is 2.81. The summed E-state index contributed by atoms with van der Waals surface area (Å²) in [6, 6.07) is 9.10. The number of aliphatic carboxylic acids is 1. The largest absolute Gasteiger partial charge is 0.480 e. The van der Waals surface area contributed by atoms with E-state index in [1.54, 1.807) is 12.1 Å². The Morgan fingerprint density at radius 3 is 2.44 bits per heavy atom. The van der Waals surface area contributed by atoms with Gasteiger partial charge in [-0.25, -0.2) is 8.42 Å². The minimum atomic E-state index is -3.76. The van der Waals surface area contributed by atoms with Gasteiger partial charge in [0.15, 0.2) is 15.1 Å². The van der Waals surface area contributed by atoms with Crippen LogP contribution in [0.15, 0.2) is 30.3 Å². The highest BCUT2D eigenvalue weighted by Crippen LogP contribution is 2.09. The lowest BCUT2D eigenvalue weighted by Crippen LogP contribution is -2.32. The number of carbonyl (C=O) groups is 1. The van der Waals surface area contributed by atoms with Gasteiger partial charge in [-0.1, -0.05) is 37.3 Å². The first-order valence-corrected chi connectivity index (χ1v) is 7.25. The van der Waals surface area contributed by atoms with Crippen LogP contribution in [0.25, 0.3) is 0 Å². The quantitative estimate of drug-likeness (QED) is 0.812. The minimum Gasteiger partial charge on any atom is -0.480 e. The third-order valence-corrected chi connectivity index (χ3v) is 4.34. The standard InChI is InChI=1S/C12H16O5S/c1-2-11(12(13)14)18(15,16)9-17-8-10-6-4-3-5-7-10/h3-7,11H,2,8-9H2,1H3,(H,13,14). The summed E-state index contributed by atoms with van der Waals surface area (Å²) in [7, 11) is -3.76. The number of ether oxygens (including phenoxy) is 1. The maximum atomic E-state index is 11.7. The third-order valence-electron chi connectivity index (χ3n) is 2.44. The Morgan fingerprint density at radius 1 is 1.33 bits per heavy atom. The van der Waals surface area contributed by atoms with Gasteiger partial charge < -0.3 is 9.84 Å². The molecule has 0 saturated carbocycles. The Balaban J connectivity index is 2.55. The van der Waals surface area contributed by atoms with E-state index in [0.29, 0.717) is 0 Å². The Bertz CT molecular complexity index is 480. The van der Waals surface area contributed by atoms with Crippen molar-refractivity contribution in [3.05, 3.63) is 35.9 Å². The molecule has 0 bridgehead atoms. The molecule has 0 fully saturated rings. The molecule has 0 amide bonds. The lowest BCUT2D eigenvalue weighted by molar-refractivity contribution is -0.136. The molecule has 6 heteroatoms. The molecule has 0 saturated heterocycles. The summed E-state index contributed by atoms with van der Waals surface area (Å²) in [5.41, 5.74) is 0.844. The van der Waals surface area contributed by atoms with Crippen LogP contribution in [0.1, 0.15) is 18.9 Å². The molecule has 5 nitrogen and oxygen atoms in total. The summed E-state index contributed by atoms with van der Waals surface area (Å²) in [6.45, 7) is 1.67. The highest BCUT2D eigenvalue weighted by atomic mass is 32.2. The van der Waals surface area contributed by atoms with Crippen LogP contribution >= 0.6 is 0 Å². The normalized spacial score (nSPS) is 13.2. The molecule has 18 heavy (non-hydrogen) atoms. The summed E-state index contributed by atoms with van der Waals surface area (Å²) >= 11 is 0. The fraction of sp³-hybridized carbons (Fsp3) is 0.417. The number of sulfone groups is 1. The number of benzene rings is 1. The summed E-state index contributed by atoms with van der Waals surface area (Å²) < 4.78 is 28.4. The van der Waals surface area contributed by atoms with Gasteiger partial charge in [0.05, 0.1) is 6.61 Å². The molecule has 100 valence electrons. The highest BCUT2D eigenvalue weighted by molar-refractivity contribution is 7.92. The van der Waals surface area contributed by atoms with Crippen molar-refractivity contribution in [2.75, 3.05) is 5.94 Å². The molecular formula is C12H16O5S. The van der Waals surface area contributed by atoms with E-state index in [9.17, 15) is 13.2 Å². The van der Waals surface area contributed by atoms with Crippen molar-refractivity contribution < 1.29 is 23.1 Å². The third kappa shape index (κ3) is 4.12. The average molecular weight is 272 g/mol. The molecule has 0 heterocycles. The second-order valence-electron chi connectivity index (χ2n) is 3.85. The molecule has 0 radical (unpaired) electrons. The van der Waals surface area contributed by atoms with Gasteiger partial charge >= 0.3 is 5.97 Å². The van der Waals surface area contributed by atoms with Gasteiger partial charge in [-0.05, 0) is 12.0 Å². The fourth-order valence-electron chi connectivity index (χ4n) is 1.51. The first-order valence-electron chi connectivity index (χ1n) is 5.53. The molecule has 1 N–H and O–H groups in total. The molecule has 0 aliphatic carbocycles. The average Bonchev–Trinajstić information content (AvgIpc) is 2.30. The summed E-state index contributed by atoms with van der Waals surface area (Å²) in [5, 5.41) is 7.40. The van der Waals surface area contributed by atoms with Crippen molar-refractivity contribution in [3.63, 3.8) is 0 Å². The van der Waals surface area contributed by atoms with Crippen LogP contribution in [-0.4, -0.2) is 30.7 Å². The van der Waals surface area contributed by atoms with Crippen LogP contribution in [-0.2, 0) is 26.0 Å². The lowest BCUT2D eigenvalue weighted by Gasteiger charge is -2.11. The molecule has 0 aromatic heterocycles. The van der Waals surface area contributed by atoms with Crippen molar-refractivity contribution in [1.29, 1.82) is 0 Å². The second-order valence-corrected chi connectivity index (χ2v) is 5.98. The SMILES string of the molecule is CCC(C(=O)O)S(=O)(=O)COCc1ccccc1. The Morgan fingerprint density at radius 2 is 1.94 bits per heavy atom. The Kier molecular flexibility index (Phi) is 5.30. The molecular weight excluding hydrogens is 256 g/mol. The maximum Gasteiger partial charge on any atom is 0.321 e. The predicted octanol–water partition coefficient (Wildman–Crippen LogP) is 1.44. The van der Waals surface area contributed by atoms with E-state index in [2.05, 4.69) is 0 Å². The van der Waals surface area contributed by atoms with Crippen LogP contribution in [0.4, 0.5) is 0 Å².